The largest absolute Gasteiger partial charge is 0.370 e. The van der Waals surface area contributed by atoms with E-state index in [1.165, 1.54) is 16.8 Å². The Morgan fingerprint density at radius 1 is 1.14 bits per heavy atom. The van der Waals surface area contributed by atoms with Crippen LogP contribution in [-0.4, -0.2) is 13.6 Å². The summed E-state index contributed by atoms with van der Waals surface area (Å²) in [6.45, 7) is 4.82. The van der Waals surface area contributed by atoms with Crippen molar-refractivity contribution in [3.05, 3.63) is 63.1 Å². The van der Waals surface area contributed by atoms with Crippen molar-refractivity contribution in [3.8, 4) is 0 Å². The van der Waals surface area contributed by atoms with Crippen molar-refractivity contribution in [2.75, 3.05) is 18.5 Å². The molecule has 2 aromatic carbocycles. The fraction of sp³-hybridized carbons (Fsp3) is 0.294. The third-order valence-corrected chi connectivity index (χ3v) is 4.10. The molecule has 0 aliphatic carbocycles. The van der Waals surface area contributed by atoms with Crippen LogP contribution in [0, 0.1) is 0 Å². The van der Waals surface area contributed by atoms with E-state index < -0.39 is 0 Å². The Labute approximate surface area is 140 Å². The minimum Gasteiger partial charge on any atom is -0.370 e. The van der Waals surface area contributed by atoms with Crippen molar-refractivity contribution in [1.82, 2.24) is 5.32 Å². The highest BCUT2D eigenvalue weighted by Crippen LogP contribution is 2.26. The van der Waals surface area contributed by atoms with Gasteiger partial charge in [-0.2, -0.15) is 0 Å². The van der Waals surface area contributed by atoms with Gasteiger partial charge in [0.25, 0.3) is 0 Å². The molecule has 0 fully saturated rings. The summed E-state index contributed by atoms with van der Waals surface area (Å²) >= 11 is 9.50. The van der Waals surface area contributed by atoms with E-state index in [-0.39, 0.29) is 0 Å². The van der Waals surface area contributed by atoms with Crippen LogP contribution in [0.5, 0.6) is 0 Å². The van der Waals surface area contributed by atoms with Crippen molar-refractivity contribution < 1.29 is 0 Å². The molecule has 1 N–H and O–H groups in total. The zero-order chi connectivity index (χ0) is 15.2. The maximum Gasteiger partial charge on any atom is 0.0426 e. The highest BCUT2D eigenvalue weighted by Gasteiger charge is 2.09. The first kappa shape index (κ1) is 16.3. The van der Waals surface area contributed by atoms with Gasteiger partial charge in [-0.3, -0.25) is 0 Å². The number of rotatable bonds is 6. The Balaban J connectivity index is 2.18. The minimum absolute atomic E-state index is 0.775. The molecule has 0 saturated carbocycles. The lowest BCUT2D eigenvalue weighted by Crippen LogP contribution is -2.20. The van der Waals surface area contributed by atoms with E-state index >= 15 is 0 Å². The Morgan fingerprint density at radius 3 is 2.52 bits per heavy atom. The molecule has 4 heteroatoms. The van der Waals surface area contributed by atoms with E-state index in [0.29, 0.717) is 0 Å². The van der Waals surface area contributed by atoms with Crippen LogP contribution in [0.3, 0.4) is 0 Å². The molecule has 0 radical (unpaired) electrons. The van der Waals surface area contributed by atoms with Gasteiger partial charge < -0.3 is 10.2 Å². The molecule has 0 amide bonds. The molecular formula is C17H20BrClN2. The number of nitrogens with one attached hydrogen (secondary N) is 1. The van der Waals surface area contributed by atoms with Gasteiger partial charge in [0, 0.05) is 35.3 Å². The van der Waals surface area contributed by atoms with E-state index in [0.717, 1.165) is 29.1 Å². The lowest BCUT2D eigenvalue weighted by molar-refractivity contribution is 0.723. The molecule has 0 aromatic heterocycles. The molecule has 2 rings (SSSR count). The standard InChI is InChI=1S/C17H20BrClN2/c1-3-20-11-14-6-7-15(18)10-17(14)21(2)12-13-4-8-16(19)9-5-13/h4-10,20H,3,11-12H2,1-2H3. The lowest BCUT2D eigenvalue weighted by Gasteiger charge is -2.23. The van der Waals surface area contributed by atoms with Crippen LogP contribution < -0.4 is 10.2 Å². The van der Waals surface area contributed by atoms with Crippen LogP contribution in [0.1, 0.15) is 18.1 Å². The zero-order valence-corrected chi connectivity index (χ0v) is 14.7. The molecule has 0 atom stereocenters. The number of nitrogens with zero attached hydrogens (tertiary/aromatic N) is 1. The zero-order valence-electron chi connectivity index (χ0n) is 12.4. The van der Waals surface area contributed by atoms with E-state index in [4.69, 9.17) is 11.6 Å². The first-order valence-electron chi connectivity index (χ1n) is 7.05. The maximum absolute atomic E-state index is 5.94. The molecule has 2 nitrogen and oxygen atoms in total. The van der Waals surface area contributed by atoms with Gasteiger partial charge in [0.05, 0.1) is 0 Å². The monoisotopic (exact) mass is 366 g/mol. The molecule has 0 spiro atoms. The minimum atomic E-state index is 0.775. The molecular weight excluding hydrogens is 348 g/mol. The first-order chi connectivity index (χ1) is 10.1. The van der Waals surface area contributed by atoms with Crippen LogP contribution in [0.2, 0.25) is 5.02 Å². The van der Waals surface area contributed by atoms with Gasteiger partial charge in [-0.15, -0.1) is 0 Å². The normalized spacial score (nSPS) is 10.7. The number of hydrogen-bond donors (Lipinski definition) is 1. The molecule has 21 heavy (non-hydrogen) atoms. The Kier molecular flexibility index (Phi) is 6.09. The van der Waals surface area contributed by atoms with E-state index in [9.17, 15) is 0 Å². The summed E-state index contributed by atoms with van der Waals surface area (Å²) in [5, 5.41) is 4.17. The fourth-order valence-electron chi connectivity index (χ4n) is 2.25. The number of halogens is 2. The van der Waals surface area contributed by atoms with E-state index in [1.807, 2.05) is 12.1 Å². The number of hydrogen-bond acceptors (Lipinski definition) is 2. The summed E-state index contributed by atoms with van der Waals surface area (Å²) in [6.07, 6.45) is 0. The molecule has 0 heterocycles. The second-order valence-electron chi connectivity index (χ2n) is 5.04. The number of benzene rings is 2. The van der Waals surface area contributed by atoms with Crippen molar-refractivity contribution in [3.63, 3.8) is 0 Å². The topological polar surface area (TPSA) is 15.3 Å². The van der Waals surface area contributed by atoms with Gasteiger partial charge in [-0.25, -0.2) is 0 Å². The summed E-state index contributed by atoms with van der Waals surface area (Å²) in [4.78, 5) is 2.26. The molecule has 0 unspecified atom stereocenters. The second kappa shape index (κ2) is 7.83. The summed E-state index contributed by atoms with van der Waals surface area (Å²) in [5.41, 5.74) is 3.79. The highest BCUT2D eigenvalue weighted by molar-refractivity contribution is 9.10. The Bertz CT molecular complexity index is 584. The molecule has 112 valence electrons. The highest BCUT2D eigenvalue weighted by atomic mass is 79.9. The maximum atomic E-state index is 5.94. The smallest absolute Gasteiger partial charge is 0.0426 e. The van der Waals surface area contributed by atoms with Crippen LogP contribution >= 0.6 is 27.5 Å². The van der Waals surface area contributed by atoms with Crippen LogP contribution in [0.25, 0.3) is 0 Å². The SMILES string of the molecule is CCNCc1ccc(Br)cc1N(C)Cc1ccc(Cl)cc1. The quantitative estimate of drug-likeness (QED) is 0.785. The van der Waals surface area contributed by atoms with Gasteiger partial charge in [-0.05, 0) is 41.9 Å². The molecule has 2 aromatic rings. The van der Waals surface area contributed by atoms with E-state index in [1.54, 1.807) is 0 Å². The van der Waals surface area contributed by atoms with Crippen LogP contribution in [0.4, 0.5) is 5.69 Å². The van der Waals surface area contributed by atoms with Crippen molar-refractivity contribution in [2.45, 2.75) is 20.0 Å². The Hall–Kier alpha value is -1.03. The van der Waals surface area contributed by atoms with Crippen molar-refractivity contribution in [2.24, 2.45) is 0 Å². The predicted molar refractivity (Wildman–Crippen MR) is 95.1 cm³/mol. The van der Waals surface area contributed by atoms with Crippen LogP contribution in [0.15, 0.2) is 46.9 Å². The van der Waals surface area contributed by atoms with Gasteiger partial charge in [0.2, 0.25) is 0 Å². The van der Waals surface area contributed by atoms with Crippen molar-refractivity contribution >= 4 is 33.2 Å². The van der Waals surface area contributed by atoms with Gasteiger partial charge in [0.1, 0.15) is 0 Å². The molecule has 0 bridgehead atoms. The lowest BCUT2D eigenvalue weighted by atomic mass is 10.1. The first-order valence-corrected chi connectivity index (χ1v) is 8.22. The number of anilines is 1. The fourth-order valence-corrected chi connectivity index (χ4v) is 2.73. The van der Waals surface area contributed by atoms with E-state index in [2.05, 4.69) is 70.4 Å². The summed E-state index contributed by atoms with van der Waals surface area (Å²) in [5.74, 6) is 0. The average Bonchev–Trinajstić information content (AvgIpc) is 2.48. The van der Waals surface area contributed by atoms with Crippen molar-refractivity contribution in [1.29, 1.82) is 0 Å². The summed E-state index contributed by atoms with van der Waals surface area (Å²) in [7, 11) is 2.12. The van der Waals surface area contributed by atoms with Gasteiger partial charge in [0.15, 0.2) is 0 Å². The third-order valence-electron chi connectivity index (χ3n) is 3.36. The molecule has 0 aliphatic rings. The summed E-state index contributed by atoms with van der Waals surface area (Å²) in [6, 6.07) is 14.4. The third kappa shape index (κ3) is 4.73. The molecule has 0 saturated heterocycles. The van der Waals surface area contributed by atoms with Crippen LogP contribution in [-0.2, 0) is 13.1 Å². The molecule has 0 aliphatic heterocycles. The Morgan fingerprint density at radius 2 is 1.86 bits per heavy atom. The predicted octanol–water partition coefficient (Wildman–Crippen LogP) is 4.85. The van der Waals surface area contributed by atoms with Gasteiger partial charge >= 0.3 is 0 Å². The summed E-state index contributed by atoms with van der Waals surface area (Å²) < 4.78 is 1.10. The average molecular weight is 368 g/mol. The van der Waals surface area contributed by atoms with Gasteiger partial charge in [-0.1, -0.05) is 52.7 Å². The second-order valence-corrected chi connectivity index (χ2v) is 6.39.